The molecule has 0 bridgehead atoms. The number of ether oxygens (including phenoxy) is 1. The van der Waals surface area contributed by atoms with Gasteiger partial charge in [-0.3, -0.25) is 0 Å². The molecule has 3 nitrogen and oxygen atoms in total. The molecule has 0 aliphatic heterocycles. The second-order valence-electron chi connectivity index (χ2n) is 2.89. The van der Waals surface area contributed by atoms with Crippen molar-refractivity contribution >= 4 is 0 Å². The van der Waals surface area contributed by atoms with Gasteiger partial charge in [0.1, 0.15) is 0 Å². The van der Waals surface area contributed by atoms with Gasteiger partial charge < -0.3 is 14.9 Å². The average Bonchev–Trinajstić information content (AvgIpc) is 2.13. The van der Waals surface area contributed by atoms with E-state index in [-0.39, 0.29) is 0 Å². The lowest BCUT2D eigenvalue weighted by Gasteiger charge is -2.22. The molecule has 13 heavy (non-hydrogen) atoms. The van der Waals surface area contributed by atoms with Crippen molar-refractivity contribution in [2.45, 2.75) is 37.9 Å². The SMILES string of the molecule is C=COC=C.OC1CCCCC1O. The van der Waals surface area contributed by atoms with Crippen molar-refractivity contribution in [3.05, 3.63) is 25.7 Å². The van der Waals surface area contributed by atoms with Crippen LogP contribution >= 0.6 is 0 Å². The third-order valence-corrected chi connectivity index (χ3v) is 1.89. The Morgan fingerprint density at radius 3 is 1.54 bits per heavy atom. The molecule has 1 saturated carbocycles. The first-order valence-corrected chi connectivity index (χ1v) is 4.45. The Morgan fingerprint density at radius 1 is 1.00 bits per heavy atom. The smallest absolute Gasteiger partial charge is 0.0829 e. The lowest BCUT2D eigenvalue weighted by molar-refractivity contribution is -0.00865. The maximum absolute atomic E-state index is 8.93. The fraction of sp³-hybridized carbons (Fsp3) is 0.600. The molecule has 76 valence electrons. The lowest BCUT2D eigenvalue weighted by Crippen LogP contribution is -2.28. The van der Waals surface area contributed by atoms with E-state index in [0.717, 1.165) is 25.7 Å². The van der Waals surface area contributed by atoms with E-state index in [4.69, 9.17) is 10.2 Å². The Labute approximate surface area is 79.3 Å². The Hall–Kier alpha value is -0.800. The van der Waals surface area contributed by atoms with Gasteiger partial charge in [0.05, 0.1) is 24.7 Å². The molecule has 0 aromatic heterocycles. The molecule has 2 atom stereocenters. The molecule has 0 aromatic rings. The van der Waals surface area contributed by atoms with Crippen molar-refractivity contribution in [3.8, 4) is 0 Å². The summed E-state index contributed by atoms with van der Waals surface area (Å²) in [5, 5.41) is 17.9. The van der Waals surface area contributed by atoms with Crippen LogP contribution in [0.3, 0.4) is 0 Å². The predicted molar refractivity (Wildman–Crippen MR) is 52.0 cm³/mol. The fourth-order valence-corrected chi connectivity index (χ4v) is 1.16. The van der Waals surface area contributed by atoms with Crippen molar-refractivity contribution in [1.29, 1.82) is 0 Å². The largest absolute Gasteiger partial charge is 0.474 e. The maximum Gasteiger partial charge on any atom is 0.0829 e. The number of hydrogen-bond donors (Lipinski definition) is 2. The van der Waals surface area contributed by atoms with Gasteiger partial charge in [-0.1, -0.05) is 26.0 Å². The average molecular weight is 186 g/mol. The van der Waals surface area contributed by atoms with E-state index in [1.807, 2.05) is 0 Å². The highest BCUT2D eigenvalue weighted by Crippen LogP contribution is 2.17. The molecule has 0 aromatic carbocycles. The van der Waals surface area contributed by atoms with E-state index < -0.39 is 12.2 Å². The highest BCUT2D eigenvalue weighted by Gasteiger charge is 2.19. The minimum atomic E-state index is -0.441. The van der Waals surface area contributed by atoms with E-state index in [0.29, 0.717) is 0 Å². The molecule has 0 radical (unpaired) electrons. The van der Waals surface area contributed by atoms with Gasteiger partial charge in [-0.2, -0.15) is 0 Å². The van der Waals surface area contributed by atoms with Crippen LogP contribution in [-0.4, -0.2) is 22.4 Å². The highest BCUT2D eigenvalue weighted by molar-refractivity contribution is 4.72. The minimum absolute atomic E-state index is 0.441. The van der Waals surface area contributed by atoms with Crippen LogP contribution in [0.5, 0.6) is 0 Å². The molecule has 0 saturated heterocycles. The minimum Gasteiger partial charge on any atom is -0.474 e. The Balaban J connectivity index is 0.000000252. The van der Waals surface area contributed by atoms with Gasteiger partial charge >= 0.3 is 0 Å². The summed E-state index contributed by atoms with van der Waals surface area (Å²) < 4.78 is 4.36. The molecule has 0 amide bonds. The molecule has 3 heteroatoms. The predicted octanol–water partition coefficient (Wildman–Crippen LogP) is 1.57. The van der Waals surface area contributed by atoms with Gasteiger partial charge in [0, 0.05) is 0 Å². The van der Waals surface area contributed by atoms with Gasteiger partial charge in [-0.05, 0) is 12.8 Å². The second kappa shape index (κ2) is 7.83. The first-order valence-electron chi connectivity index (χ1n) is 4.45. The van der Waals surface area contributed by atoms with E-state index in [1.165, 1.54) is 12.5 Å². The normalized spacial score (nSPS) is 26.6. The summed E-state index contributed by atoms with van der Waals surface area (Å²) in [6.45, 7) is 6.51. The third kappa shape index (κ3) is 6.37. The quantitative estimate of drug-likeness (QED) is 0.644. The molecular formula is C10H18O3. The van der Waals surface area contributed by atoms with Gasteiger partial charge in [0.15, 0.2) is 0 Å². The van der Waals surface area contributed by atoms with E-state index in [1.54, 1.807) is 0 Å². The zero-order chi connectivity index (χ0) is 10.1. The van der Waals surface area contributed by atoms with Crippen LogP contribution in [-0.2, 0) is 4.74 Å². The Kier molecular flexibility index (Phi) is 7.35. The molecule has 1 rings (SSSR count). The summed E-state index contributed by atoms with van der Waals surface area (Å²) in [6, 6.07) is 0. The van der Waals surface area contributed by atoms with Crippen LogP contribution in [0.2, 0.25) is 0 Å². The molecule has 2 N–H and O–H groups in total. The monoisotopic (exact) mass is 186 g/mol. The molecule has 1 fully saturated rings. The number of aliphatic hydroxyl groups excluding tert-OH is 2. The first kappa shape index (κ1) is 12.2. The Bertz CT molecular complexity index is 129. The zero-order valence-electron chi connectivity index (χ0n) is 7.85. The van der Waals surface area contributed by atoms with Crippen molar-refractivity contribution in [2.75, 3.05) is 0 Å². The van der Waals surface area contributed by atoms with E-state index in [2.05, 4.69) is 17.9 Å². The highest BCUT2D eigenvalue weighted by atomic mass is 16.5. The summed E-state index contributed by atoms with van der Waals surface area (Å²) >= 11 is 0. The van der Waals surface area contributed by atoms with Gasteiger partial charge in [0.25, 0.3) is 0 Å². The number of hydrogen-bond acceptors (Lipinski definition) is 3. The molecule has 0 heterocycles. The molecule has 1 aliphatic carbocycles. The van der Waals surface area contributed by atoms with Crippen LogP contribution < -0.4 is 0 Å². The zero-order valence-corrected chi connectivity index (χ0v) is 7.85. The van der Waals surface area contributed by atoms with Crippen LogP contribution in [0.4, 0.5) is 0 Å². The van der Waals surface area contributed by atoms with Crippen LogP contribution in [0, 0.1) is 0 Å². The van der Waals surface area contributed by atoms with Gasteiger partial charge in [-0.25, -0.2) is 0 Å². The standard InChI is InChI=1S/C6H12O2.C4H6O/c7-5-3-1-2-4-6(5)8;1-3-5-4-2/h5-8H,1-4H2;3-4H,1-2H2. The lowest BCUT2D eigenvalue weighted by atomic mass is 9.95. The second-order valence-corrected chi connectivity index (χ2v) is 2.89. The van der Waals surface area contributed by atoms with Gasteiger partial charge in [-0.15, -0.1) is 0 Å². The molecule has 2 unspecified atom stereocenters. The van der Waals surface area contributed by atoms with E-state index in [9.17, 15) is 0 Å². The summed E-state index contributed by atoms with van der Waals surface area (Å²) in [6.07, 6.45) is 5.44. The maximum atomic E-state index is 8.93. The van der Waals surface area contributed by atoms with Crippen molar-refractivity contribution < 1.29 is 14.9 Å². The number of aliphatic hydroxyl groups is 2. The van der Waals surface area contributed by atoms with Crippen LogP contribution in [0.1, 0.15) is 25.7 Å². The van der Waals surface area contributed by atoms with Crippen molar-refractivity contribution in [3.63, 3.8) is 0 Å². The molecule has 0 spiro atoms. The third-order valence-electron chi connectivity index (χ3n) is 1.89. The van der Waals surface area contributed by atoms with E-state index >= 15 is 0 Å². The summed E-state index contributed by atoms with van der Waals surface area (Å²) in [5.74, 6) is 0. The van der Waals surface area contributed by atoms with Crippen LogP contribution in [0.15, 0.2) is 25.7 Å². The summed E-state index contributed by atoms with van der Waals surface area (Å²) in [4.78, 5) is 0. The number of rotatable bonds is 2. The Morgan fingerprint density at radius 2 is 1.38 bits per heavy atom. The summed E-state index contributed by atoms with van der Waals surface area (Å²) in [7, 11) is 0. The van der Waals surface area contributed by atoms with Gasteiger partial charge in [0.2, 0.25) is 0 Å². The molecular weight excluding hydrogens is 168 g/mol. The fourth-order valence-electron chi connectivity index (χ4n) is 1.16. The van der Waals surface area contributed by atoms with Crippen molar-refractivity contribution in [2.24, 2.45) is 0 Å². The summed E-state index contributed by atoms with van der Waals surface area (Å²) in [5.41, 5.74) is 0. The van der Waals surface area contributed by atoms with Crippen molar-refractivity contribution in [1.82, 2.24) is 0 Å². The first-order chi connectivity index (χ1) is 6.22. The molecule has 1 aliphatic rings. The topological polar surface area (TPSA) is 49.7 Å². The van der Waals surface area contributed by atoms with Crippen LogP contribution in [0.25, 0.3) is 0 Å².